The van der Waals surface area contributed by atoms with E-state index in [9.17, 15) is 39.4 Å². The van der Waals surface area contributed by atoms with Crippen molar-refractivity contribution in [3.8, 4) is 23.0 Å². The normalized spacial score (nSPS) is 21.7. The van der Waals surface area contributed by atoms with Crippen LogP contribution in [0.5, 0.6) is 23.0 Å². The highest BCUT2D eigenvalue weighted by Crippen LogP contribution is 2.43. The van der Waals surface area contributed by atoms with Gasteiger partial charge in [0.15, 0.2) is 23.0 Å². The Morgan fingerprint density at radius 3 is 1.53 bits per heavy atom. The topological polar surface area (TPSA) is 170 Å². The van der Waals surface area contributed by atoms with Gasteiger partial charge < -0.3 is 34.9 Å². The standard InChI is InChI=1S/C13H17BF2N2O5S.C12H14F2N2O4S/c1-14(19)17-9-4-6-18(7-5-9)24(20,21)10-2-3-11-12(8-10)23-13(15,16)22-11;13-12(14)19-10-2-1-9(7-11(10)20-12)21(17,18)16-5-3-8(15)4-6-16/h2-3,8-9,17,19H,4-7H2,1H3;1-2,7-8H,3-6,15H2. The van der Waals surface area contributed by atoms with Crippen LogP contribution in [0.1, 0.15) is 25.7 Å². The molecule has 0 bridgehead atoms. The highest BCUT2D eigenvalue weighted by Gasteiger charge is 2.45. The lowest BCUT2D eigenvalue weighted by atomic mass is 9.85. The number of halogens is 4. The maximum Gasteiger partial charge on any atom is 0.586 e. The zero-order valence-corrected chi connectivity index (χ0v) is 25.5. The number of nitrogens with one attached hydrogen (secondary N) is 1. The molecule has 0 radical (unpaired) electrons. The fourth-order valence-corrected chi connectivity index (χ4v) is 8.17. The lowest BCUT2D eigenvalue weighted by Gasteiger charge is -2.32. The summed E-state index contributed by atoms with van der Waals surface area (Å²) in [6.07, 6.45) is -5.30. The third-order valence-electron chi connectivity index (χ3n) is 7.45. The molecule has 2 saturated heterocycles. The van der Waals surface area contributed by atoms with Crippen molar-refractivity contribution in [2.45, 2.75) is 67.0 Å². The number of nitrogens with zero attached hydrogens (tertiary/aromatic N) is 2. The second-order valence-corrected chi connectivity index (χ2v) is 14.7. The molecule has 6 rings (SSSR count). The van der Waals surface area contributed by atoms with E-state index in [0.29, 0.717) is 38.8 Å². The van der Waals surface area contributed by atoms with E-state index in [1.165, 1.54) is 26.8 Å². The second kappa shape index (κ2) is 12.4. The molecule has 2 aromatic carbocycles. The highest BCUT2D eigenvalue weighted by atomic mass is 32.2. The SMILES string of the molecule is CB(O)NC1CCN(S(=O)(=O)c2ccc3c(c2)OC(F)(F)O3)CC1.NC1CCN(S(=O)(=O)c2ccc3c(c2)OC(F)(F)O3)CC1. The zero-order valence-electron chi connectivity index (χ0n) is 23.9. The number of nitrogens with two attached hydrogens (primary N) is 1. The molecule has 0 aliphatic carbocycles. The van der Waals surface area contributed by atoms with Crippen molar-refractivity contribution in [2.24, 2.45) is 5.73 Å². The van der Waals surface area contributed by atoms with Gasteiger partial charge in [-0.3, -0.25) is 0 Å². The molecular weight excluding hydrogens is 651 g/mol. The van der Waals surface area contributed by atoms with Crippen molar-refractivity contribution < 1.29 is 58.4 Å². The molecule has 4 heterocycles. The van der Waals surface area contributed by atoms with Gasteiger partial charge in [-0.25, -0.2) is 16.8 Å². The average Bonchev–Trinajstić information content (AvgIpc) is 3.44. The van der Waals surface area contributed by atoms with Gasteiger partial charge in [-0.1, -0.05) is 0 Å². The number of benzene rings is 2. The van der Waals surface area contributed by atoms with E-state index in [1.807, 2.05) is 0 Å². The van der Waals surface area contributed by atoms with Crippen LogP contribution in [0.25, 0.3) is 0 Å². The van der Waals surface area contributed by atoms with Crippen LogP contribution < -0.4 is 29.9 Å². The molecular formula is C25H31BF4N4O9S2. The molecule has 0 saturated carbocycles. The molecule has 13 nitrogen and oxygen atoms in total. The maximum atomic E-state index is 13.0. The number of hydrogen-bond acceptors (Lipinski definition) is 11. The van der Waals surface area contributed by atoms with Crippen molar-refractivity contribution in [2.75, 3.05) is 26.2 Å². The highest BCUT2D eigenvalue weighted by molar-refractivity contribution is 7.89. The first-order valence-electron chi connectivity index (χ1n) is 13.9. The van der Waals surface area contributed by atoms with Crippen LogP contribution in [0.15, 0.2) is 46.2 Å². The molecule has 20 heteroatoms. The quantitative estimate of drug-likeness (QED) is 0.301. The van der Waals surface area contributed by atoms with Crippen LogP contribution in [0.4, 0.5) is 17.6 Å². The van der Waals surface area contributed by atoms with Gasteiger partial charge in [0.05, 0.1) is 9.79 Å². The van der Waals surface area contributed by atoms with Crippen LogP contribution in [-0.2, 0) is 20.0 Å². The molecule has 0 unspecified atom stereocenters. The average molecular weight is 682 g/mol. The molecule has 2 aromatic rings. The van der Waals surface area contributed by atoms with Crippen molar-refractivity contribution in [1.82, 2.24) is 13.8 Å². The fraction of sp³-hybridized carbons (Fsp3) is 0.520. The monoisotopic (exact) mass is 682 g/mol. The van der Waals surface area contributed by atoms with Crippen LogP contribution >= 0.6 is 0 Å². The number of fused-ring (bicyclic) bond motifs is 2. The summed E-state index contributed by atoms with van der Waals surface area (Å²) in [5, 5.41) is 12.3. The van der Waals surface area contributed by atoms with Gasteiger partial charge in [0.2, 0.25) is 20.0 Å². The largest absolute Gasteiger partial charge is 0.586 e. The minimum atomic E-state index is -3.81. The lowest BCUT2D eigenvalue weighted by molar-refractivity contribution is -0.287. The van der Waals surface area contributed by atoms with E-state index < -0.39 is 39.7 Å². The minimum absolute atomic E-state index is 0.00750. The molecule has 4 aliphatic rings. The van der Waals surface area contributed by atoms with E-state index in [-0.39, 0.29) is 58.0 Å². The molecule has 45 heavy (non-hydrogen) atoms. The Morgan fingerprint density at radius 1 is 0.756 bits per heavy atom. The van der Waals surface area contributed by atoms with Crippen molar-refractivity contribution >= 4 is 27.1 Å². The van der Waals surface area contributed by atoms with Gasteiger partial charge in [0.1, 0.15) is 0 Å². The van der Waals surface area contributed by atoms with Gasteiger partial charge in [-0.2, -0.15) is 8.61 Å². The van der Waals surface area contributed by atoms with Crippen LogP contribution in [-0.4, -0.2) is 88.4 Å². The maximum absolute atomic E-state index is 13.0. The molecule has 0 aromatic heterocycles. The van der Waals surface area contributed by atoms with E-state index in [0.717, 1.165) is 18.2 Å². The molecule has 2 fully saturated rings. The zero-order chi connectivity index (χ0) is 32.8. The minimum Gasteiger partial charge on any atom is -0.437 e. The summed E-state index contributed by atoms with van der Waals surface area (Å²) in [4.78, 5) is -0.220. The third-order valence-corrected chi connectivity index (χ3v) is 11.2. The summed E-state index contributed by atoms with van der Waals surface area (Å²) in [7, 11) is -8.22. The number of sulfonamides is 2. The second-order valence-electron chi connectivity index (χ2n) is 10.8. The summed E-state index contributed by atoms with van der Waals surface area (Å²) >= 11 is 0. The van der Waals surface area contributed by atoms with Crippen LogP contribution in [0.3, 0.4) is 0 Å². The van der Waals surface area contributed by atoms with Crippen molar-refractivity contribution in [3.05, 3.63) is 36.4 Å². The summed E-state index contributed by atoms with van der Waals surface area (Å²) in [5.74, 6) is -0.958. The Balaban J connectivity index is 0.000000179. The summed E-state index contributed by atoms with van der Waals surface area (Å²) < 4.78 is 122. The Bertz CT molecular complexity index is 1620. The third kappa shape index (κ3) is 7.58. The van der Waals surface area contributed by atoms with E-state index >= 15 is 0 Å². The summed E-state index contributed by atoms with van der Waals surface area (Å²) in [6, 6.07) is 6.90. The molecule has 0 atom stereocenters. The van der Waals surface area contributed by atoms with Gasteiger partial charge in [-0.05, 0) is 56.8 Å². The first kappa shape index (κ1) is 33.5. The number of ether oxygens (including phenoxy) is 4. The number of rotatable bonds is 6. The Labute approximate surface area is 257 Å². The fourth-order valence-electron chi connectivity index (χ4n) is 5.20. The van der Waals surface area contributed by atoms with Crippen LogP contribution in [0.2, 0.25) is 6.82 Å². The first-order chi connectivity index (χ1) is 20.9. The molecule has 248 valence electrons. The number of alkyl halides is 4. The predicted molar refractivity (Wildman–Crippen MR) is 150 cm³/mol. The van der Waals surface area contributed by atoms with Gasteiger partial charge in [-0.15, -0.1) is 17.6 Å². The number of hydrogen-bond donors (Lipinski definition) is 3. The Hall–Kier alpha value is -2.88. The van der Waals surface area contributed by atoms with Gasteiger partial charge in [0, 0.05) is 50.4 Å². The molecule has 0 spiro atoms. The van der Waals surface area contributed by atoms with E-state index in [2.05, 4.69) is 24.2 Å². The molecule has 4 aliphatic heterocycles. The summed E-state index contributed by atoms with van der Waals surface area (Å²) in [5.41, 5.74) is 5.74. The smallest absolute Gasteiger partial charge is 0.437 e. The van der Waals surface area contributed by atoms with Crippen LogP contribution in [0, 0.1) is 0 Å². The predicted octanol–water partition coefficient (Wildman–Crippen LogP) is 1.98. The Morgan fingerprint density at radius 2 is 1.13 bits per heavy atom. The van der Waals surface area contributed by atoms with Gasteiger partial charge in [0.25, 0.3) is 0 Å². The molecule has 0 amide bonds. The Kier molecular flexibility index (Phi) is 9.21. The van der Waals surface area contributed by atoms with Crippen molar-refractivity contribution in [3.63, 3.8) is 0 Å². The number of piperidine rings is 2. The van der Waals surface area contributed by atoms with E-state index in [1.54, 1.807) is 6.82 Å². The lowest BCUT2D eigenvalue weighted by Crippen LogP contribution is -2.48. The summed E-state index contributed by atoms with van der Waals surface area (Å²) in [6.45, 7) is 2.78. The first-order valence-corrected chi connectivity index (χ1v) is 16.8. The molecule has 4 N–H and O–H groups in total. The van der Waals surface area contributed by atoms with Gasteiger partial charge >= 0.3 is 19.6 Å². The van der Waals surface area contributed by atoms with Crippen molar-refractivity contribution in [1.29, 1.82) is 0 Å². The van der Waals surface area contributed by atoms with E-state index in [4.69, 9.17) is 5.73 Å².